The molecule has 0 spiro atoms. The van der Waals surface area contributed by atoms with Crippen LogP contribution in [0.3, 0.4) is 0 Å². The van der Waals surface area contributed by atoms with Crippen molar-refractivity contribution in [2.75, 3.05) is 0 Å². The molecule has 0 saturated heterocycles. The molecular weight excluding hydrogens is 532 g/mol. The van der Waals surface area contributed by atoms with Crippen LogP contribution in [0.4, 0.5) is 0 Å². The Labute approximate surface area is 255 Å². The van der Waals surface area contributed by atoms with E-state index in [1.165, 1.54) is 71.6 Å². The van der Waals surface area contributed by atoms with E-state index in [9.17, 15) is 0 Å². The monoisotopic (exact) mass is 560 g/mol. The van der Waals surface area contributed by atoms with Crippen LogP contribution in [0.1, 0.15) is 0 Å². The molecule has 2 heterocycles. The van der Waals surface area contributed by atoms with Gasteiger partial charge >= 0.3 is 0 Å². The first kappa shape index (κ1) is 24.7. The summed E-state index contributed by atoms with van der Waals surface area (Å²) in [5.74, 6) is 0. The summed E-state index contributed by atoms with van der Waals surface area (Å²) in [6.07, 6.45) is 0. The Kier molecular flexibility index (Phi) is 5.54. The highest BCUT2D eigenvalue weighted by molar-refractivity contribution is 6.13. The average molecular weight is 561 g/mol. The van der Waals surface area contributed by atoms with E-state index in [4.69, 9.17) is 0 Å². The fraction of sp³-hybridized carbons (Fsp3) is 0. The lowest BCUT2D eigenvalue weighted by molar-refractivity contribution is 1.18. The Morgan fingerprint density at radius 3 is 1.32 bits per heavy atom. The first-order valence-electron chi connectivity index (χ1n) is 15.1. The highest BCUT2D eigenvalue weighted by atomic mass is 15.0. The van der Waals surface area contributed by atoms with Gasteiger partial charge in [0.25, 0.3) is 0 Å². The minimum Gasteiger partial charge on any atom is -0.309 e. The van der Waals surface area contributed by atoms with Crippen LogP contribution in [-0.4, -0.2) is 9.13 Å². The molecule has 9 rings (SSSR count). The van der Waals surface area contributed by atoms with Crippen LogP contribution in [-0.2, 0) is 0 Å². The van der Waals surface area contributed by atoms with E-state index in [-0.39, 0.29) is 0 Å². The summed E-state index contributed by atoms with van der Waals surface area (Å²) < 4.78 is 4.79. The van der Waals surface area contributed by atoms with E-state index < -0.39 is 0 Å². The molecule has 0 N–H and O–H groups in total. The summed E-state index contributed by atoms with van der Waals surface area (Å²) in [6, 6.07) is 61.4. The van der Waals surface area contributed by atoms with E-state index in [0.29, 0.717) is 0 Å². The number of hydrogen-bond donors (Lipinski definition) is 0. The highest BCUT2D eigenvalue weighted by Gasteiger charge is 2.16. The zero-order chi connectivity index (χ0) is 29.0. The van der Waals surface area contributed by atoms with Crippen LogP contribution in [0.15, 0.2) is 170 Å². The first-order chi connectivity index (χ1) is 21.8. The zero-order valence-electron chi connectivity index (χ0n) is 24.1. The molecular formula is C42H28N2. The predicted octanol–water partition coefficient (Wildman–Crippen LogP) is 11.2. The molecule has 206 valence electrons. The fourth-order valence-corrected chi connectivity index (χ4v) is 6.87. The van der Waals surface area contributed by atoms with Crippen molar-refractivity contribution in [2.45, 2.75) is 0 Å². The van der Waals surface area contributed by atoms with Crippen molar-refractivity contribution < 1.29 is 0 Å². The first-order valence-corrected chi connectivity index (χ1v) is 15.1. The van der Waals surface area contributed by atoms with Crippen LogP contribution in [0, 0.1) is 0 Å². The molecule has 0 aliphatic heterocycles. The quantitative estimate of drug-likeness (QED) is 0.203. The van der Waals surface area contributed by atoms with E-state index in [1.54, 1.807) is 0 Å². The summed E-state index contributed by atoms with van der Waals surface area (Å²) in [5, 5.41) is 5.05. The second kappa shape index (κ2) is 9.86. The van der Waals surface area contributed by atoms with Gasteiger partial charge in [-0.25, -0.2) is 0 Å². The zero-order valence-corrected chi connectivity index (χ0v) is 24.1. The summed E-state index contributed by atoms with van der Waals surface area (Å²) in [6.45, 7) is 0. The van der Waals surface area contributed by atoms with Crippen LogP contribution in [0.2, 0.25) is 0 Å². The second-order valence-corrected chi connectivity index (χ2v) is 11.4. The van der Waals surface area contributed by atoms with Gasteiger partial charge < -0.3 is 9.13 Å². The number of fused-ring (bicyclic) bond motifs is 6. The molecule has 0 radical (unpaired) electrons. The van der Waals surface area contributed by atoms with Gasteiger partial charge in [-0.3, -0.25) is 0 Å². The molecule has 2 aromatic heterocycles. The SMILES string of the molecule is c1ccc(-c2ccc3c4ccc(-c5ccc6c(c5)c5ccccc5n6-c5ccccc5)cc4n(-c4ccccc4)c3c2)cc1. The van der Waals surface area contributed by atoms with E-state index in [0.717, 1.165) is 5.69 Å². The topological polar surface area (TPSA) is 9.86 Å². The maximum atomic E-state index is 2.42. The van der Waals surface area contributed by atoms with Crippen LogP contribution in [0.25, 0.3) is 77.2 Å². The van der Waals surface area contributed by atoms with Gasteiger partial charge in [0.15, 0.2) is 0 Å². The molecule has 0 aliphatic rings. The van der Waals surface area contributed by atoms with Crippen molar-refractivity contribution in [1.82, 2.24) is 9.13 Å². The molecule has 0 atom stereocenters. The second-order valence-electron chi connectivity index (χ2n) is 11.4. The highest BCUT2D eigenvalue weighted by Crippen LogP contribution is 2.39. The molecule has 2 heteroatoms. The summed E-state index contributed by atoms with van der Waals surface area (Å²) in [4.78, 5) is 0. The van der Waals surface area contributed by atoms with Gasteiger partial charge in [-0.1, -0.05) is 115 Å². The number of nitrogens with zero attached hydrogens (tertiary/aromatic N) is 2. The molecule has 0 amide bonds. The Morgan fingerprint density at radius 1 is 0.250 bits per heavy atom. The van der Waals surface area contributed by atoms with Crippen molar-refractivity contribution in [3.05, 3.63) is 170 Å². The minimum atomic E-state index is 1.16. The summed E-state index contributed by atoms with van der Waals surface area (Å²) >= 11 is 0. The lowest BCUT2D eigenvalue weighted by atomic mass is 10.0. The van der Waals surface area contributed by atoms with Crippen LogP contribution >= 0.6 is 0 Å². The summed E-state index contributed by atoms with van der Waals surface area (Å²) in [7, 11) is 0. The van der Waals surface area contributed by atoms with Gasteiger partial charge in [0.05, 0.1) is 22.1 Å². The molecule has 0 saturated carbocycles. The predicted molar refractivity (Wildman–Crippen MR) is 186 cm³/mol. The Morgan fingerprint density at radius 2 is 0.682 bits per heavy atom. The van der Waals surface area contributed by atoms with Gasteiger partial charge in [-0.2, -0.15) is 0 Å². The third kappa shape index (κ3) is 3.82. The van der Waals surface area contributed by atoms with E-state index in [2.05, 4.69) is 179 Å². The molecule has 0 aliphatic carbocycles. The lowest BCUT2D eigenvalue weighted by Crippen LogP contribution is -1.94. The van der Waals surface area contributed by atoms with Crippen molar-refractivity contribution in [3.63, 3.8) is 0 Å². The molecule has 0 unspecified atom stereocenters. The van der Waals surface area contributed by atoms with Gasteiger partial charge in [0, 0.05) is 32.9 Å². The third-order valence-corrected chi connectivity index (χ3v) is 8.91. The van der Waals surface area contributed by atoms with Crippen molar-refractivity contribution in [3.8, 4) is 33.6 Å². The molecule has 0 bridgehead atoms. The maximum absolute atomic E-state index is 2.42. The molecule has 2 nitrogen and oxygen atoms in total. The fourth-order valence-electron chi connectivity index (χ4n) is 6.87. The number of rotatable bonds is 4. The molecule has 44 heavy (non-hydrogen) atoms. The lowest BCUT2D eigenvalue weighted by Gasteiger charge is -2.10. The number of para-hydroxylation sites is 3. The minimum absolute atomic E-state index is 1.16. The number of benzene rings is 7. The summed E-state index contributed by atoms with van der Waals surface area (Å²) in [5.41, 5.74) is 12.1. The van der Waals surface area contributed by atoms with Crippen LogP contribution in [0.5, 0.6) is 0 Å². The van der Waals surface area contributed by atoms with Crippen LogP contribution < -0.4 is 0 Å². The molecule has 0 fully saturated rings. The third-order valence-electron chi connectivity index (χ3n) is 8.91. The Hall–Kier alpha value is -5.86. The normalized spacial score (nSPS) is 11.6. The van der Waals surface area contributed by atoms with Crippen molar-refractivity contribution in [2.24, 2.45) is 0 Å². The largest absolute Gasteiger partial charge is 0.309 e. The Bertz CT molecular complexity index is 2470. The number of hydrogen-bond acceptors (Lipinski definition) is 0. The average Bonchev–Trinajstić information content (AvgIpc) is 3.61. The van der Waals surface area contributed by atoms with Gasteiger partial charge in [-0.15, -0.1) is 0 Å². The Balaban J connectivity index is 1.28. The van der Waals surface area contributed by atoms with Crippen molar-refractivity contribution >= 4 is 43.6 Å². The van der Waals surface area contributed by atoms with Gasteiger partial charge in [-0.05, 0) is 76.9 Å². The standard InChI is InChI=1S/C42H28N2/c1-4-12-29(13-5-1)31-20-23-36-37-24-21-32(28-42(37)44(41(36)27-31)34-16-8-3-9-17-34)30-22-25-40-38(26-30)35-18-10-11-19-39(35)43(40)33-14-6-2-7-15-33/h1-28H. The molecule has 7 aromatic carbocycles. The van der Waals surface area contributed by atoms with E-state index >= 15 is 0 Å². The van der Waals surface area contributed by atoms with Gasteiger partial charge in [0.2, 0.25) is 0 Å². The van der Waals surface area contributed by atoms with Gasteiger partial charge in [0.1, 0.15) is 0 Å². The smallest absolute Gasteiger partial charge is 0.0547 e. The maximum Gasteiger partial charge on any atom is 0.0547 e. The van der Waals surface area contributed by atoms with E-state index in [1.807, 2.05) is 0 Å². The number of aromatic nitrogens is 2. The van der Waals surface area contributed by atoms with Crippen molar-refractivity contribution in [1.29, 1.82) is 0 Å². The molecule has 9 aromatic rings.